The van der Waals surface area contributed by atoms with E-state index < -0.39 is 7.82 Å². The maximum absolute atomic E-state index is 12.2. The Bertz CT molecular complexity index is 465. The van der Waals surface area contributed by atoms with Gasteiger partial charge in [-0.2, -0.15) is 0 Å². The molecule has 1 aliphatic rings. The van der Waals surface area contributed by atoms with Crippen molar-refractivity contribution in [1.29, 1.82) is 0 Å². The Kier molecular flexibility index (Phi) is 21.9. The highest BCUT2D eigenvalue weighted by Gasteiger charge is 2.23. The minimum atomic E-state index is -4.09. The average molecular weight is 513 g/mol. The Morgan fingerprint density at radius 1 is 0.647 bits per heavy atom. The normalized spacial score (nSPS) is 20.2. The van der Waals surface area contributed by atoms with E-state index in [0.29, 0.717) is 66.1 Å². The summed E-state index contributed by atoms with van der Waals surface area (Å²) in [5.74, 6) is -0.197. The minimum absolute atomic E-state index is 0.0152. The minimum Gasteiger partial charge on any atom is -0.379 e. The summed E-state index contributed by atoms with van der Waals surface area (Å²) in [6.45, 7) is 6.92. The highest BCUT2D eigenvalue weighted by atomic mass is 31.2. The van der Waals surface area contributed by atoms with Gasteiger partial charge in [0.05, 0.1) is 79.3 Å². The van der Waals surface area contributed by atoms with Gasteiger partial charge in [-0.1, -0.05) is 64.7 Å². The molecule has 9 nitrogen and oxygen atoms in total. The van der Waals surface area contributed by atoms with Crippen molar-refractivity contribution in [3.8, 4) is 0 Å². The summed E-state index contributed by atoms with van der Waals surface area (Å²) in [5, 5.41) is 0. The Morgan fingerprint density at radius 3 is 1.53 bits per heavy atom. The van der Waals surface area contributed by atoms with Gasteiger partial charge in [-0.3, -0.25) is 9.05 Å². The van der Waals surface area contributed by atoms with E-state index in [4.69, 9.17) is 32.7 Å². The lowest BCUT2D eigenvalue weighted by molar-refractivity contribution is -0.0398. The molecule has 34 heavy (non-hydrogen) atoms. The van der Waals surface area contributed by atoms with Crippen LogP contribution >= 0.6 is 7.82 Å². The van der Waals surface area contributed by atoms with Crippen LogP contribution in [-0.4, -0.2) is 84.2 Å². The smallest absolute Gasteiger partial charge is 0.379 e. The summed E-state index contributed by atoms with van der Waals surface area (Å²) in [6.07, 6.45) is 12.0. The molecular formula is C24H49O9P. The van der Waals surface area contributed by atoms with Crippen LogP contribution in [-0.2, 0) is 37.3 Å². The molecule has 1 fully saturated rings. The third kappa shape index (κ3) is 21.2. The molecule has 0 aromatic heterocycles. The Morgan fingerprint density at radius 2 is 1.06 bits per heavy atom. The molecule has 0 radical (unpaired) electrons. The first kappa shape index (κ1) is 31.9. The van der Waals surface area contributed by atoms with Gasteiger partial charge in [0.15, 0.2) is 0 Å². The van der Waals surface area contributed by atoms with Crippen LogP contribution in [0.25, 0.3) is 0 Å². The van der Waals surface area contributed by atoms with E-state index in [9.17, 15) is 9.46 Å². The molecule has 1 unspecified atom stereocenters. The molecule has 1 N–H and O–H groups in total. The molecular weight excluding hydrogens is 463 g/mol. The van der Waals surface area contributed by atoms with Crippen LogP contribution in [0.3, 0.4) is 0 Å². The van der Waals surface area contributed by atoms with Crippen LogP contribution in [0.5, 0.6) is 0 Å². The lowest BCUT2D eigenvalue weighted by Gasteiger charge is -2.20. The lowest BCUT2D eigenvalue weighted by Crippen LogP contribution is -2.24. The predicted octanol–water partition coefficient (Wildman–Crippen LogP) is 4.75. The van der Waals surface area contributed by atoms with Crippen molar-refractivity contribution in [1.82, 2.24) is 0 Å². The highest BCUT2D eigenvalue weighted by molar-refractivity contribution is 7.47. The SMILES string of the molecule is CCCCCCCCCCCCOP(=O)(O)OCC1COCCOCCOCCOCCOC1. The molecule has 1 saturated heterocycles. The standard InChI is InChI=1S/C24H49O9P/c1-2-3-4-5-6-7-8-9-10-11-12-32-34(25,26)33-23-24-21-30-19-17-28-15-13-27-14-16-29-18-20-31-22-24/h24H,2-23H2,1H3,(H,25,26). The molecule has 1 rings (SSSR count). The van der Waals surface area contributed by atoms with E-state index in [1.807, 2.05) is 0 Å². The first-order valence-corrected chi connectivity index (χ1v) is 14.6. The number of phosphoric ester groups is 1. The number of rotatable bonds is 15. The zero-order valence-corrected chi connectivity index (χ0v) is 22.2. The third-order valence-electron chi connectivity index (χ3n) is 5.42. The van der Waals surface area contributed by atoms with Crippen LogP contribution in [0.4, 0.5) is 0 Å². The quantitative estimate of drug-likeness (QED) is 0.246. The van der Waals surface area contributed by atoms with Gasteiger partial charge in [0.1, 0.15) is 0 Å². The van der Waals surface area contributed by atoms with Gasteiger partial charge in [0.2, 0.25) is 0 Å². The number of phosphoric acid groups is 1. The Labute approximate surface area is 206 Å². The number of hydrogen-bond donors (Lipinski definition) is 1. The second-order valence-corrected chi connectivity index (χ2v) is 10.1. The molecule has 1 atom stereocenters. The van der Waals surface area contributed by atoms with E-state index in [0.717, 1.165) is 19.3 Å². The van der Waals surface area contributed by atoms with Crippen LogP contribution < -0.4 is 0 Å². The second-order valence-electron chi connectivity index (χ2n) is 8.63. The van der Waals surface area contributed by atoms with E-state index in [2.05, 4.69) is 6.92 Å². The summed E-state index contributed by atoms with van der Waals surface area (Å²) in [5.41, 5.74) is 0. The summed E-state index contributed by atoms with van der Waals surface area (Å²) in [4.78, 5) is 10.0. The molecule has 204 valence electrons. The number of unbranched alkanes of at least 4 members (excludes halogenated alkanes) is 9. The summed E-state index contributed by atoms with van der Waals surface area (Å²) in [7, 11) is -4.09. The van der Waals surface area contributed by atoms with Gasteiger partial charge < -0.3 is 28.6 Å². The molecule has 0 aromatic rings. The maximum atomic E-state index is 12.2. The molecule has 10 heteroatoms. The molecule has 0 bridgehead atoms. The first-order chi connectivity index (χ1) is 16.6. The lowest BCUT2D eigenvalue weighted by atomic mass is 10.1. The van der Waals surface area contributed by atoms with E-state index in [1.54, 1.807) is 0 Å². The summed E-state index contributed by atoms with van der Waals surface area (Å²) in [6, 6.07) is 0. The van der Waals surface area contributed by atoms with Gasteiger partial charge in [-0.15, -0.1) is 0 Å². The fourth-order valence-corrected chi connectivity index (χ4v) is 4.26. The maximum Gasteiger partial charge on any atom is 0.472 e. The van der Waals surface area contributed by atoms with Crippen molar-refractivity contribution in [3.63, 3.8) is 0 Å². The van der Waals surface area contributed by atoms with Gasteiger partial charge in [0, 0.05) is 5.92 Å². The third-order valence-corrected chi connectivity index (χ3v) is 6.41. The molecule has 0 spiro atoms. The van der Waals surface area contributed by atoms with E-state index >= 15 is 0 Å². The topological polar surface area (TPSA) is 102 Å². The van der Waals surface area contributed by atoms with Crippen molar-refractivity contribution in [2.24, 2.45) is 5.92 Å². The monoisotopic (exact) mass is 512 g/mol. The van der Waals surface area contributed by atoms with E-state index in [-0.39, 0.29) is 19.1 Å². The van der Waals surface area contributed by atoms with Crippen LogP contribution in [0, 0.1) is 5.92 Å². The second kappa shape index (κ2) is 23.3. The molecule has 0 saturated carbocycles. The van der Waals surface area contributed by atoms with Crippen LogP contribution in [0.2, 0.25) is 0 Å². The van der Waals surface area contributed by atoms with Gasteiger partial charge >= 0.3 is 7.82 Å². The fraction of sp³-hybridized carbons (Fsp3) is 1.00. The first-order valence-electron chi connectivity index (χ1n) is 13.1. The predicted molar refractivity (Wildman–Crippen MR) is 131 cm³/mol. The molecule has 0 aliphatic carbocycles. The largest absolute Gasteiger partial charge is 0.472 e. The van der Waals surface area contributed by atoms with Crippen molar-refractivity contribution in [2.75, 3.05) is 79.3 Å². The van der Waals surface area contributed by atoms with Gasteiger partial charge in [0.25, 0.3) is 0 Å². The van der Waals surface area contributed by atoms with Crippen molar-refractivity contribution in [3.05, 3.63) is 0 Å². The van der Waals surface area contributed by atoms with Gasteiger partial charge in [-0.25, -0.2) is 4.57 Å². The Balaban J connectivity index is 2.16. The molecule has 1 aliphatic heterocycles. The van der Waals surface area contributed by atoms with Crippen molar-refractivity contribution < 1.29 is 42.2 Å². The van der Waals surface area contributed by atoms with Crippen molar-refractivity contribution >= 4 is 7.82 Å². The van der Waals surface area contributed by atoms with Gasteiger partial charge in [-0.05, 0) is 6.42 Å². The Hall–Kier alpha value is -0.0900. The average Bonchev–Trinajstić information content (AvgIpc) is 2.82. The highest BCUT2D eigenvalue weighted by Crippen LogP contribution is 2.43. The van der Waals surface area contributed by atoms with Crippen LogP contribution in [0.1, 0.15) is 71.1 Å². The zero-order valence-electron chi connectivity index (χ0n) is 21.3. The van der Waals surface area contributed by atoms with E-state index in [1.165, 1.54) is 44.9 Å². The van der Waals surface area contributed by atoms with Crippen molar-refractivity contribution in [2.45, 2.75) is 71.1 Å². The zero-order chi connectivity index (χ0) is 24.6. The summed E-state index contributed by atoms with van der Waals surface area (Å²) >= 11 is 0. The molecule has 0 amide bonds. The number of ether oxygens (including phenoxy) is 5. The van der Waals surface area contributed by atoms with Crippen LogP contribution in [0.15, 0.2) is 0 Å². The fourth-order valence-electron chi connectivity index (χ4n) is 3.43. The molecule has 1 heterocycles. The molecule has 0 aromatic carbocycles. The summed E-state index contributed by atoms with van der Waals surface area (Å²) < 4.78 is 50.1. The number of hydrogen-bond acceptors (Lipinski definition) is 8.